The van der Waals surface area contributed by atoms with Crippen molar-refractivity contribution in [1.29, 1.82) is 0 Å². The van der Waals surface area contributed by atoms with Crippen LogP contribution in [0.3, 0.4) is 0 Å². The number of piperidine rings is 1. The van der Waals surface area contributed by atoms with Crippen LogP contribution in [-0.2, 0) is 16.1 Å². The summed E-state index contributed by atoms with van der Waals surface area (Å²) in [5.41, 5.74) is 1.84. The number of likely N-dealkylation sites (tertiary alicyclic amines) is 1. The Bertz CT molecular complexity index is 988. The molecule has 4 rings (SSSR count). The average Bonchev–Trinajstić information content (AvgIpc) is 2.76. The first-order valence-corrected chi connectivity index (χ1v) is 11.1. The summed E-state index contributed by atoms with van der Waals surface area (Å²) in [6, 6.07) is 15.5. The minimum atomic E-state index is -0.139. The highest BCUT2D eigenvalue weighted by Crippen LogP contribution is 2.42. The number of benzene rings is 2. The van der Waals surface area contributed by atoms with Gasteiger partial charge in [0.25, 0.3) is 5.91 Å². The predicted octanol–water partition coefficient (Wildman–Crippen LogP) is 4.48. The summed E-state index contributed by atoms with van der Waals surface area (Å²) in [6.45, 7) is 4.10. The van der Waals surface area contributed by atoms with E-state index in [4.69, 9.17) is 4.74 Å². The highest BCUT2D eigenvalue weighted by Gasteiger charge is 2.30. The second kappa shape index (κ2) is 8.96. The van der Waals surface area contributed by atoms with Gasteiger partial charge in [0.1, 0.15) is 5.75 Å². The predicted molar refractivity (Wildman–Crippen MR) is 120 cm³/mol. The summed E-state index contributed by atoms with van der Waals surface area (Å²) in [5.74, 6) is 1.05. The van der Waals surface area contributed by atoms with Crippen molar-refractivity contribution in [3.63, 3.8) is 0 Å². The summed E-state index contributed by atoms with van der Waals surface area (Å²) in [6.07, 6.45) is 3.69. The number of carbonyl (C=O) groups excluding carboxylic acids is 2. The summed E-state index contributed by atoms with van der Waals surface area (Å²) < 4.78 is 5.32. The molecular weight excluding hydrogens is 396 g/mol. The fourth-order valence-electron chi connectivity index (χ4n) is 3.97. The third kappa shape index (κ3) is 4.38. The zero-order valence-corrected chi connectivity index (χ0v) is 18.2. The Morgan fingerprint density at radius 3 is 2.87 bits per heavy atom. The molecule has 0 spiro atoms. The van der Waals surface area contributed by atoms with Gasteiger partial charge in [-0.1, -0.05) is 43.0 Å². The van der Waals surface area contributed by atoms with Gasteiger partial charge in [0.2, 0.25) is 5.91 Å². The normalized spacial score (nSPS) is 20.3. The standard InChI is InChI=1S/C24H26N2O3S/c1-17-7-6-12-25(15-17)23(27)14-22-24(28)26(20-10-3-4-11-21(20)30-22)16-18-8-5-9-19(13-18)29-2/h3-5,8-11,13-14,17H,6-7,12,15-16H2,1-2H3. The van der Waals surface area contributed by atoms with E-state index in [2.05, 4.69) is 6.92 Å². The molecule has 5 nitrogen and oxygen atoms in total. The minimum Gasteiger partial charge on any atom is -0.497 e. The van der Waals surface area contributed by atoms with Crippen LogP contribution in [0, 0.1) is 5.92 Å². The van der Waals surface area contributed by atoms with Crippen LogP contribution in [-0.4, -0.2) is 36.9 Å². The molecule has 0 aliphatic carbocycles. The van der Waals surface area contributed by atoms with Gasteiger partial charge in [0, 0.05) is 24.1 Å². The van der Waals surface area contributed by atoms with Gasteiger partial charge in [-0.2, -0.15) is 0 Å². The Kier molecular flexibility index (Phi) is 6.13. The Labute approximate surface area is 181 Å². The number of hydrogen-bond acceptors (Lipinski definition) is 4. The second-order valence-electron chi connectivity index (χ2n) is 7.85. The minimum absolute atomic E-state index is 0.0712. The molecule has 1 saturated heterocycles. The van der Waals surface area contributed by atoms with E-state index >= 15 is 0 Å². The zero-order valence-electron chi connectivity index (χ0n) is 17.3. The van der Waals surface area contributed by atoms with E-state index in [1.165, 1.54) is 17.8 Å². The smallest absolute Gasteiger partial charge is 0.265 e. The van der Waals surface area contributed by atoms with E-state index < -0.39 is 0 Å². The maximum atomic E-state index is 13.4. The van der Waals surface area contributed by atoms with E-state index in [1.807, 2.05) is 53.4 Å². The number of para-hydroxylation sites is 1. The van der Waals surface area contributed by atoms with Crippen LogP contribution in [0.15, 0.2) is 64.4 Å². The number of rotatable bonds is 4. The number of thioether (sulfide) groups is 1. The monoisotopic (exact) mass is 422 g/mol. The van der Waals surface area contributed by atoms with Crippen LogP contribution >= 0.6 is 11.8 Å². The van der Waals surface area contributed by atoms with E-state index in [1.54, 1.807) is 12.0 Å². The number of methoxy groups -OCH3 is 1. The molecule has 2 aliphatic rings. The highest BCUT2D eigenvalue weighted by atomic mass is 32.2. The molecule has 0 N–H and O–H groups in total. The molecule has 2 heterocycles. The molecule has 30 heavy (non-hydrogen) atoms. The lowest BCUT2D eigenvalue weighted by molar-refractivity contribution is -0.128. The number of hydrogen-bond donors (Lipinski definition) is 0. The molecule has 2 aromatic carbocycles. The summed E-state index contributed by atoms with van der Waals surface area (Å²) in [4.78, 5) is 31.3. The van der Waals surface area contributed by atoms with Gasteiger partial charge >= 0.3 is 0 Å². The van der Waals surface area contributed by atoms with Crippen LogP contribution in [0.25, 0.3) is 0 Å². The van der Waals surface area contributed by atoms with Crippen molar-refractivity contribution in [2.24, 2.45) is 5.92 Å². The molecule has 1 unspecified atom stereocenters. The molecule has 2 aliphatic heterocycles. The van der Waals surface area contributed by atoms with E-state index in [9.17, 15) is 9.59 Å². The Balaban J connectivity index is 1.63. The maximum Gasteiger partial charge on any atom is 0.265 e. The van der Waals surface area contributed by atoms with Gasteiger partial charge in [-0.15, -0.1) is 0 Å². The van der Waals surface area contributed by atoms with Crippen LogP contribution in [0.4, 0.5) is 5.69 Å². The van der Waals surface area contributed by atoms with Crippen molar-refractivity contribution < 1.29 is 14.3 Å². The number of amides is 2. The molecule has 156 valence electrons. The van der Waals surface area contributed by atoms with E-state index in [-0.39, 0.29) is 11.8 Å². The average molecular weight is 423 g/mol. The van der Waals surface area contributed by atoms with E-state index in [0.717, 1.165) is 47.8 Å². The van der Waals surface area contributed by atoms with Crippen LogP contribution in [0.1, 0.15) is 25.3 Å². The lowest BCUT2D eigenvalue weighted by Crippen LogP contribution is -2.39. The first-order valence-electron chi connectivity index (χ1n) is 10.3. The Hall–Kier alpha value is -2.73. The molecule has 0 bridgehead atoms. The summed E-state index contributed by atoms with van der Waals surface area (Å²) in [5, 5.41) is 0. The van der Waals surface area contributed by atoms with Crippen molar-refractivity contribution in [1.82, 2.24) is 4.90 Å². The van der Waals surface area contributed by atoms with Crippen LogP contribution in [0.5, 0.6) is 5.75 Å². The number of nitrogens with zero attached hydrogens (tertiary/aromatic N) is 2. The lowest BCUT2D eigenvalue weighted by atomic mass is 10.0. The number of fused-ring (bicyclic) bond motifs is 1. The van der Waals surface area contributed by atoms with Crippen molar-refractivity contribution in [2.75, 3.05) is 25.1 Å². The summed E-state index contributed by atoms with van der Waals surface area (Å²) >= 11 is 1.38. The first-order chi connectivity index (χ1) is 14.5. The van der Waals surface area contributed by atoms with Crippen molar-refractivity contribution in [3.05, 3.63) is 65.1 Å². The fraction of sp³-hybridized carbons (Fsp3) is 0.333. The van der Waals surface area contributed by atoms with Gasteiger partial charge in [-0.3, -0.25) is 9.59 Å². The van der Waals surface area contributed by atoms with Gasteiger partial charge in [-0.05, 0) is 48.6 Å². The van der Waals surface area contributed by atoms with Crippen LogP contribution in [0.2, 0.25) is 0 Å². The molecule has 1 atom stereocenters. The molecule has 2 aromatic rings. The van der Waals surface area contributed by atoms with E-state index in [0.29, 0.717) is 17.4 Å². The summed E-state index contributed by atoms with van der Waals surface area (Å²) in [7, 11) is 1.63. The largest absolute Gasteiger partial charge is 0.497 e. The number of ether oxygens (including phenoxy) is 1. The Morgan fingerprint density at radius 1 is 1.23 bits per heavy atom. The number of carbonyl (C=O) groups is 2. The third-order valence-electron chi connectivity index (χ3n) is 5.53. The highest BCUT2D eigenvalue weighted by molar-refractivity contribution is 8.04. The lowest BCUT2D eigenvalue weighted by Gasteiger charge is -2.32. The topological polar surface area (TPSA) is 49.9 Å². The van der Waals surface area contributed by atoms with Gasteiger partial charge in [-0.25, -0.2) is 0 Å². The van der Waals surface area contributed by atoms with Crippen molar-refractivity contribution in [2.45, 2.75) is 31.2 Å². The Morgan fingerprint density at radius 2 is 2.07 bits per heavy atom. The molecule has 6 heteroatoms. The molecule has 0 aromatic heterocycles. The first kappa shape index (κ1) is 20.5. The van der Waals surface area contributed by atoms with Gasteiger partial charge in [0.15, 0.2) is 0 Å². The zero-order chi connectivity index (χ0) is 21.1. The molecule has 2 amide bonds. The molecular formula is C24H26N2O3S. The molecule has 0 radical (unpaired) electrons. The van der Waals surface area contributed by atoms with Crippen LogP contribution < -0.4 is 9.64 Å². The molecule has 1 fully saturated rings. The third-order valence-corrected chi connectivity index (χ3v) is 6.61. The van der Waals surface area contributed by atoms with Gasteiger partial charge < -0.3 is 14.5 Å². The van der Waals surface area contributed by atoms with Crippen molar-refractivity contribution >= 4 is 29.3 Å². The SMILES string of the molecule is COc1cccc(CN2C(=O)C(=CC(=O)N3CCCC(C)C3)Sc3ccccc32)c1. The fourth-order valence-corrected chi connectivity index (χ4v) is 4.99. The molecule has 0 saturated carbocycles. The second-order valence-corrected chi connectivity index (χ2v) is 8.94. The maximum absolute atomic E-state index is 13.4. The number of anilines is 1. The van der Waals surface area contributed by atoms with Gasteiger partial charge in [0.05, 0.1) is 24.2 Å². The quantitative estimate of drug-likeness (QED) is 0.682. The van der Waals surface area contributed by atoms with Crippen molar-refractivity contribution in [3.8, 4) is 5.75 Å².